The Morgan fingerprint density at radius 2 is 1.85 bits per heavy atom. The zero-order chi connectivity index (χ0) is 18.5. The minimum Gasteiger partial charge on any atom is -0.497 e. The molecule has 0 bridgehead atoms. The van der Waals surface area contributed by atoms with Crippen molar-refractivity contribution in [2.75, 3.05) is 18.6 Å². The number of carbonyl (C=O) groups excluding carboxylic acids is 1. The lowest BCUT2D eigenvalue weighted by Gasteiger charge is -2.29. The number of rotatable bonds is 7. The number of benzene rings is 2. The highest BCUT2D eigenvalue weighted by Crippen LogP contribution is 2.31. The van der Waals surface area contributed by atoms with Crippen LogP contribution in [-0.4, -0.2) is 30.6 Å². The molecule has 0 radical (unpaired) electrons. The fourth-order valence-electron chi connectivity index (χ4n) is 2.97. The fraction of sp³-hybridized carbons (Fsp3) is 0.300. The SMILES string of the molecule is COc1ccc(COc2ccc3c(c2)CCC(=O)N3CCC(=O)O)cc1. The number of nitrogens with zero attached hydrogens (tertiary/aromatic N) is 1. The van der Waals surface area contributed by atoms with Crippen molar-refractivity contribution in [1.29, 1.82) is 0 Å². The maximum absolute atomic E-state index is 12.1. The van der Waals surface area contributed by atoms with E-state index in [4.69, 9.17) is 14.6 Å². The number of hydrogen-bond acceptors (Lipinski definition) is 4. The van der Waals surface area contributed by atoms with Crippen LogP contribution < -0.4 is 14.4 Å². The van der Waals surface area contributed by atoms with Gasteiger partial charge in [-0.05, 0) is 47.9 Å². The van der Waals surface area contributed by atoms with E-state index in [2.05, 4.69) is 0 Å². The van der Waals surface area contributed by atoms with Crippen LogP contribution in [0.15, 0.2) is 42.5 Å². The highest BCUT2D eigenvalue weighted by molar-refractivity contribution is 5.96. The Morgan fingerprint density at radius 3 is 2.54 bits per heavy atom. The van der Waals surface area contributed by atoms with Crippen LogP contribution in [0, 0.1) is 0 Å². The number of hydrogen-bond donors (Lipinski definition) is 1. The molecule has 0 fully saturated rings. The summed E-state index contributed by atoms with van der Waals surface area (Å²) in [4.78, 5) is 24.5. The highest BCUT2D eigenvalue weighted by atomic mass is 16.5. The van der Waals surface area contributed by atoms with Crippen LogP contribution in [0.25, 0.3) is 0 Å². The van der Waals surface area contributed by atoms with E-state index in [0.717, 1.165) is 28.3 Å². The van der Waals surface area contributed by atoms with Crippen molar-refractivity contribution in [3.05, 3.63) is 53.6 Å². The first-order valence-electron chi connectivity index (χ1n) is 8.47. The quantitative estimate of drug-likeness (QED) is 0.826. The minimum absolute atomic E-state index is 0.0364. The van der Waals surface area contributed by atoms with Gasteiger partial charge in [-0.2, -0.15) is 0 Å². The van der Waals surface area contributed by atoms with E-state index in [9.17, 15) is 9.59 Å². The Labute approximate surface area is 152 Å². The molecule has 6 nitrogen and oxygen atoms in total. The lowest BCUT2D eigenvalue weighted by molar-refractivity contribution is -0.136. The van der Waals surface area contributed by atoms with Crippen LogP contribution in [0.5, 0.6) is 11.5 Å². The first-order chi connectivity index (χ1) is 12.6. The highest BCUT2D eigenvalue weighted by Gasteiger charge is 2.24. The standard InChI is InChI=1S/C20H21NO5/c1-25-16-5-2-14(3-6-16)13-26-17-7-8-18-15(12-17)4-9-19(22)21(18)11-10-20(23)24/h2-3,5-8,12H,4,9-11,13H2,1H3,(H,23,24). The molecule has 0 spiro atoms. The smallest absolute Gasteiger partial charge is 0.305 e. The summed E-state index contributed by atoms with van der Waals surface area (Å²) < 4.78 is 11.0. The Hall–Kier alpha value is -3.02. The van der Waals surface area contributed by atoms with Gasteiger partial charge in [0.15, 0.2) is 0 Å². The Bertz CT molecular complexity index is 800. The number of carbonyl (C=O) groups is 2. The van der Waals surface area contributed by atoms with Crippen LogP contribution in [0.2, 0.25) is 0 Å². The van der Waals surface area contributed by atoms with Gasteiger partial charge in [-0.25, -0.2) is 0 Å². The van der Waals surface area contributed by atoms with Gasteiger partial charge in [0.05, 0.1) is 13.5 Å². The zero-order valence-electron chi connectivity index (χ0n) is 14.6. The van der Waals surface area contributed by atoms with Crippen LogP contribution in [0.3, 0.4) is 0 Å². The second-order valence-corrected chi connectivity index (χ2v) is 6.12. The molecule has 1 amide bonds. The van der Waals surface area contributed by atoms with Gasteiger partial charge >= 0.3 is 5.97 Å². The van der Waals surface area contributed by atoms with Gasteiger partial charge in [0.2, 0.25) is 5.91 Å². The summed E-state index contributed by atoms with van der Waals surface area (Å²) in [6.45, 7) is 0.623. The molecule has 26 heavy (non-hydrogen) atoms. The Balaban J connectivity index is 1.69. The summed E-state index contributed by atoms with van der Waals surface area (Å²) in [5.41, 5.74) is 2.81. The first kappa shape index (κ1) is 17.8. The maximum Gasteiger partial charge on any atom is 0.305 e. The van der Waals surface area contributed by atoms with Crippen molar-refractivity contribution in [2.45, 2.75) is 25.9 Å². The number of ether oxygens (including phenoxy) is 2. The van der Waals surface area contributed by atoms with Gasteiger partial charge in [0.25, 0.3) is 0 Å². The van der Waals surface area contributed by atoms with Gasteiger partial charge in [-0.1, -0.05) is 12.1 Å². The van der Waals surface area contributed by atoms with E-state index in [0.29, 0.717) is 19.4 Å². The number of methoxy groups -OCH3 is 1. The van der Waals surface area contributed by atoms with Crippen molar-refractivity contribution < 1.29 is 24.2 Å². The van der Waals surface area contributed by atoms with Gasteiger partial charge < -0.3 is 19.5 Å². The van der Waals surface area contributed by atoms with Crippen molar-refractivity contribution in [3.8, 4) is 11.5 Å². The normalized spacial score (nSPS) is 13.3. The monoisotopic (exact) mass is 355 g/mol. The van der Waals surface area contributed by atoms with Crippen LogP contribution in [-0.2, 0) is 22.6 Å². The number of anilines is 1. The predicted octanol–water partition coefficient (Wildman–Crippen LogP) is 3.03. The molecule has 6 heteroatoms. The summed E-state index contributed by atoms with van der Waals surface area (Å²) in [5.74, 6) is 0.579. The van der Waals surface area contributed by atoms with Crippen LogP contribution >= 0.6 is 0 Å². The first-order valence-corrected chi connectivity index (χ1v) is 8.47. The number of amides is 1. The van der Waals surface area contributed by atoms with E-state index in [1.807, 2.05) is 42.5 Å². The van der Waals surface area contributed by atoms with Crippen molar-refractivity contribution in [3.63, 3.8) is 0 Å². The molecule has 1 N–H and O–H groups in total. The average molecular weight is 355 g/mol. The van der Waals surface area contributed by atoms with Gasteiger partial charge in [0.1, 0.15) is 18.1 Å². The molecule has 1 aliphatic heterocycles. The second kappa shape index (κ2) is 7.91. The molecule has 2 aromatic rings. The summed E-state index contributed by atoms with van der Waals surface area (Å²) >= 11 is 0. The van der Waals surface area contributed by atoms with E-state index < -0.39 is 5.97 Å². The molecule has 0 atom stereocenters. The molecule has 0 aliphatic carbocycles. The topological polar surface area (TPSA) is 76.1 Å². The largest absolute Gasteiger partial charge is 0.497 e. The van der Waals surface area contributed by atoms with Crippen LogP contribution in [0.1, 0.15) is 24.0 Å². The van der Waals surface area contributed by atoms with Gasteiger partial charge in [-0.3, -0.25) is 9.59 Å². The molecule has 0 saturated heterocycles. The summed E-state index contributed by atoms with van der Waals surface area (Å²) in [5, 5.41) is 8.87. The van der Waals surface area contributed by atoms with E-state index in [1.54, 1.807) is 12.0 Å². The molecule has 0 unspecified atom stereocenters. The van der Waals surface area contributed by atoms with E-state index >= 15 is 0 Å². The van der Waals surface area contributed by atoms with E-state index in [-0.39, 0.29) is 18.9 Å². The molecular weight excluding hydrogens is 334 g/mol. The van der Waals surface area contributed by atoms with Crippen molar-refractivity contribution in [1.82, 2.24) is 0 Å². The molecule has 1 heterocycles. The average Bonchev–Trinajstić information content (AvgIpc) is 2.65. The molecule has 2 aromatic carbocycles. The Kier molecular flexibility index (Phi) is 5.41. The fourth-order valence-corrected chi connectivity index (χ4v) is 2.97. The molecule has 136 valence electrons. The summed E-state index contributed by atoms with van der Waals surface area (Å²) in [6.07, 6.45) is 0.951. The number of carboxylic acid groups (broad SMARTS) is 1. The lowest BCUT2D eigenvalue weighted by atomic mass is 10.0. The summed E-state index contributed by atoms with van der Waals surface area (Å²) in [7, 11) is 1.63. The summed E-state index contributed by atoms with van der Waals surface area (Å²) in [6, 6.07) is 13.2. The molecule has 0 aromatic heterocycles. The number of fused-ring (bicyclic) bond motifs is 1. The third kappa shape index (κ3) is 4.14. The predicted molar refractivity (Wildman–Crippen MR) is 96.7 cm³/mol. The third-order valence-corrected chi connectivity index (χ3v) is 4.36. The number of aliphatic carboxylic acids is 1. The number of carboxylic acids is 1. The zero-order valence-corrected chi connectivity index (χ0v) is 14.6. The second-order valence-electron chi connectivity index (χ2n) is 6.12. The Morgan fingerprint density at radius 1 is 1.12 bits per heavy atom. The third-order valence-electron chi connectivity index (χ3n) is 4.36. The van der Waals surface area contributed by atoms with Gasteiger partial charge in [0, 0.05) is 18.7 Å². The molecule has 3 rings (SSSR count). The van der Waals surface area contributed by atoms with Crippen molar-refractivity contribution in [2.24, 2.45) is 0 Å². The van der Waals surface area contributed by atoms with Gasteiger partial charge in [-0.15, -0.1) is 0 Å². The maximum atomic E-state index is 12.1. The number of aryl methyl sites for hydroxylation is 1. The van der Waals surface area contributed by atoms with Crippen LogP contribution in [0.4, 0.5) is 5.69 Å². The van der Waals surface area contributed by atoms with Crippen molar-refractivity contribution >= 4 is 17.6 Å². The van der Waals surface area contributed by atoms with E-state index in [1.165, 1.54) is 0 Å². The molecule has 0 saturated carbocycles. The minimum atomic E-state index is -0.913. The lowest BCUT2D eigenvalue weighted by Crippen LogP contribution is -2.36. The molecule has 1 aliphatic rings. The molecular formula is C20H21NO5.